The number of aromatic nitrogens is 3. The van der Waals surface area contributed by atoms with Crippen molar-refractivity contribution in [3.63, 3.8) is 0 Å². The summed E-state index contributed by atoms with van der Waals surface area (Å²) in [6.45, 7) is 11.8. The quantitative estimate of drug-likeness (QED) is 0.0901. The predicted octanol–water partition coefficient (Wildman–Crippen LogP) is 7.32. The third-order valence-electron chi connectivity index (χ3n) is 7.24. The number of benzene rings is 3. The van der Waals surface area contributed by atoms with E-state index in [1.807, 2.05) is 6.92 Å². The van der Waals surface area contributed by atoms with Crippen LogP contribution in [0.5, 0.6) is 5.75 Å². The van der Waals surface area contributed by atoms with Crippen LogP contribution >= 0.6 is 23.2 Å². The van der Waals surface area contributed by atoms with E-state index < -0.39 is 46.3 Å². The standard InChI is InChI=1S/C36H39Cl2N3O7/c1-22-8-14-26-29(18-22)39-40-41(31(26)43)17-16-36(32(44)47-34(2,3)4,33(45)48-35(5,6)7)20-30(42)24-10-12-25(13-11-24)46-21-23-9-15-27(37)28(38)19-23/h8-15,18-19H,16-17,20-21H2,1-7H3. The molecular formula is C36H39Cl2N3O7. The highest BCUT2D eigenvalue weighted by Crippen LogP contribution is 2.36. The van der Waals surface area contributed by atoms with Crippen LogP contribution in [-0.4, -0.2) is 43.9 Å². The largest absolute Gasteiger partial charge is 0.489 e. The summed E-state index contributed by atoms with van der Waals surface area (Å²) in [5.41, 5.74) is -2.22. The van der Waals surface area contributed by atoms with Crippen molar-refractivity contribution in [2.45, 2.75) is 85.7 Å². The molecule has 0 unspecified atom stereocenters. The molecule has 0 aliphatic heterocycles. The smallest absolute Gasteiger partial charge is 0.324 e. The lowest BCUT2D eigenvalue weighted by molar-refractivity contribution is -0.186. The van der Waals surface area contributed by atoms with Crippen molar-refractivity contribution >= 4 is 51.8 Å². The number of ketones is 1. The Morgan fingerprint density at radius 1 is 0.812 bits per heavy atom. The Labute approximate surface area is 289 Å². The van der Waals surface area contributed by atoms with Gasteiger partial charge in [-0.1, -0.05) is 40.5 Å². The maximum atomic E-state index is 14.0. The first-order valence-corrected chi connectivity index (χ1v) is 16.1. The van der Waals surface area contributed by atoms with Gasteiger partial charge in [0.25, 0.3) is 5.56 Å². The molecule has 48 heavy (non-hydrogen) atoms. The number of hydrogen-bond donors (Lipinski definition) is 0. The fraction of sp³-hybridized carbons (Fsp3) is 0.389. The molecule has 0 spiro atoms. The van der Waals surface area contributed by atoms with Crippen molar-refractivity contribution in [1.29, 1.82) is 0 Å². The van der Waals surface area contributed by atoms with Crippen LogP contribution in [0.25, 0.3) is 10.9 Å². The maximum absolute atomic E-state index is 14.0. The van der Waals surface area contributed by atoms with Crippen LogP contribution in [0.4, 0.5) is 0 Å². The number of aryl methyl sites for hydroxylation is 2. The zero-order chi connectivity index (χ0) is 35.4. The number of nitrogens with zero attached hydrogens (tertiary/aromatic N) is 3. The summed E-state index contributed by atoms with van der Waals surface area (Å²) in [5.74, 6) is -1.93. The average Bonchev–Trinajstić information content (AvgIpc) is 2.99. The first-order chi connectivity index (χ1) is 22.4. The van der Waals surface area contributed by atoms with Crippen LogP contribution < -0.4 is 10.3 Å². The number of Topliss-reactive ketones (excluding diaryl/α,β-unsaturated/α-hetero) is 1. The third-order valence-corrected chi connectivity index (χ3v) is 7.98. The van der Waals surface area contributed by atoms with E-state index in [0.29, 0.717) is 26.7 Å². The lowest BCUT2D eigenvalue weighted by atomic mass is 9.78. The van der Waals surface area contributed by atoms with Gasteiger partial charge < -0.3 is 14.2 Å². The number of carbonyl (C=O) groups is 3. The summed E-state index contributed by atoms with van der Waals surface area (Å²) in [6, 6.07) is 16.6. The summed E-state index contributed by atoms with van der Waals surface area (Å²) in [7, 11) is 0. The molecule has 0 radical (unpaired) electrons. The van der Waals surface area contributed by atoms with E-state index in [1.165, 1.54) is 0 Å². The number of halogens is 2. The summed E-state index contributed by atoms with van der Waals surface area (Å²) in [5, 5.41) is 9.38. The Hall–Kier alpha value is -4.28. The second kappa shape index (κ2) is 14.5. The Bertz CT molecular complexity index is 1860. The van der Waals surface area contributed by atoms with Gasteiger partial charge >= 0.3 is 11.9 Å². The Kier molecular flexibility index (Phi) is 11.0. The summed E-state index contributed by atoms with van der Waals surface area (Å²) >= 11 is 12.1. The van der Waals surface area contributed by atoms with Crippen LogP contribution in [0.1, 0.15) is 75.9 Å². The molecule has 0 bridgehead atoms. The summed E-state index contributed by atoms with van der Waals surface area (Å²) in [6.07, 6.45) is -0.908. The molecule has 1 aromatic heterocycles. The van der Waals surface area contributed by atoms with Gasteiger partial charge in [-0.05, 0) is 115 Å². The topological polar surface area (TPSA) is 127 Å². The maximum Gasteiger partial charge on any atom is 0.324 e. The van der Waals surface area contributed by atoms with Gasteiger partial charge in [-0.3, -0.25) is 19.2 Å². The average molecular weight is 697 g/mol. The second-order valence-corrected chi connectivity index (χ2v) is 14.5. The number of esters is 2. The predicted molar refractivity (Wildman–Crippen MR) is 183 cm³/mol. The van der Waals surface area contributed by atoms with Crippen molar-refractivity contribution in [1.82, 2.24) is 15.0 Å². The zero-order valence-electron chi connectivity index (χ0n) is 28.1. The summed E-state index contributed by atoms with van der Waals surface area (Å²) in [4.78, 5) is 55.2. The molecule has 4 aromatic rings. The fourth-order valence-electron chi connectivity index (χ4n) is 4.81. The zero-order valence-corrected chi connectivity index (χ0v) is 29.6. The van der Waals surface area contributed by atoms with E-state index >= 15 is 0 Å². The van der Waals surface area contributed by atoms with Crippen molar-refractivity contribution in [2.24, 2.45) is 5.41 Å². The molecule has 0 aliphatic carbocycles. The van der Waals surface area contributed by atoms with Gasteiger partial charge in [0.2, 0.25) is 0 Å². The van der Waals surface area contributed by atoms with Gasteiger partial charge in [0.15, 0.2) is 11.2 Å². The van der Waals surface area contributed by atoms with E-state index in [-0.39, 0.29) is 25.1 Å². The molecule has 0 fully saturated rings. The van der Waals surface area contributed by atoms with Crippen molar-refractivity contribution in [2.75, 3.05) is 0 Å². The second-order valence-electron chi connectivity index (χ2n) is 13.6. The minimum Gasteiger partial charge on any atom is -0.489 e. The van der Waals surface area contributed by atoms with Crippen LogP contribution in [0.3, 0.4) is 0 Å². The molecule has 0 saturated carbocycles. The van der Waals surface area contributed by atoms with E-state index in [9.17, 15) is 19.2 Å². The molecule has 1 heterocycles. The van der Waals surface area contributed by atoms with E-state index in [0.717, 1.165) is 15.8 Å². The van der Waals surface area contributed by atoms with Gasteiger partial charge in [-0.2, -0.15) is 0 Å². The molecule has 254 valence electrons. The highest BCUT2D eigenvalue weighted by atomic mass is 35.5. The summed E-state index contributed by atoms with van der Waals surface area (Å²) < 4.78 is 18.4. The Balaban J connectivity index is 1.66. The number of ether oxygens (including phenoxy) is 3. The van der Waals surface area contributed by atoms with Crippen molar-refractivity contribution in [3.8, 4) is 5.75 Å². The minimum absolute atomic E-state index is 0.210. The molecule has 4 rings (SSSR count). The number of fused-ring (bicyclic) bond motifs is 1. The molecule has 0 aliphatic rings. The number of carbonyl (C=O) groups excluding carboxylic acids is 3. The molecule has 12 heteroatoms. The molecule has 0 saturated heterocycles. The van der Waals surface area contributed by atoms with Crippen LogP contribution in [0.15, 0.2) is 65.5 Å². The van der Waals surface area contributed by atoms with E-state index in [2.05, 4.69) is 10.3 Å². The monoisotopic (exact) mass is 695 g/mol. The minimum atomic E-state index is -2.12. The SMILES string of the molecule is Cc1ccc2c(=O)n(CCC(CC(=O)c3ccc(OCc4ccc(Cl)c(Cl)c4)cc3)(C(=O)OC(C)(C)C)C(=O)OC(C)(C)C)nnc2c1. The Morgan fingerprint density at radius 3 is 2.02 bits per heavy atom. The highest BCUT2D eigenvalue weighted by molar-refractivity contribution is 6.42. The molecule has 0 amide bonds. The lowest BCUT2D eigenvalue weighted by Gasteiger charge is -2.34. The molecular weight excluding hydrogens is 657 g/mol. The van der Waals surface area contributed by atoms with E-state index in [4.69, 9.17) is 37.4 Å². The van der Waals surface area contributed by atoms with Gasteiger partial charge in [-0.15, -0.1) is 5.10 Å². The molecule has 0 atom stereocenters. The molecule has 0 N–H and O–H groups in total. The van der Waals surface area contributed by atoms with Crippen LogP contribution in [0.2, 0.25) is 10.0 Å². The van der Waals surface area contributed by atoms with Crippen LogP contribution in [-0.2, 0) is 32.2 Å². The van der Waals surface area contributed by atoms with Crippen molar-refractivity contribution < 1.29 is 28.6 Å². The first-order valence-electron chi connectivity index (χ1n) is 15.4. The molecule has 10 nitrogen and oxygen atoms in total. The van der Waals surface area contributed by atoms with Crippen molar-refractivity contribution in [3.05, 3.63) is 97.8 Å². The van der Waals surface area contributed by atoms with Crippen LogP contribution in [0, 0.1) is 12.3 Å². The highest BCUT2D eigenvalue weighted by Gasteiger charge is 2.52. The van der Waals surface area contributed by atoms with E-state index in [1.54, 1.807) is 102 Å². The third kappa shape index (κ3) is 9.20. The van der Waals surface area contributed by atoms with Gasteiger partial charge in [0, 0.05) is 18.5 Å². The molecule has 3 aromatic carbocycles. The normalized spacial score (nSPS) is 12.1. The van der Waals surface area contributed by atoms with Gasteiger partial charge in [0.1, 0.15) is 29.1 Å². The Morgan fingerprint density at radius 2 is 1.44 bits per heavy atom. The lowest BCUT2D eigenvalue weighted by Crippen LogP contribution is -2.49. The van der Waals surface area contributed by atoms with Gasteiger partial charge in [0.05, 0.1) is 15.4 Å². The fourth-order valence-corrected chi connectivity index (χ4v) is 5.13. The van der Waals surface area contributed by atoms with Gasteiger partial charge in [-0.25, -0.2) is 4.68 Å². The first kappa shape index (κ1) is 36.6. The number of rotatable bonds is 11. The number of hydrogen-bond acceptors (Lipinski definition) is 9.